The number of hydrogen-bond donors (Lipinski definition) is 0. The van der Waals surface area contributed by atoms with E-state index in [-0.39, 0.29) is 0 Å². The summed E-state index contributed by atoms with van der Waals surface area (Å²) < 4.78 is 6.93. The SMILES string of the molecule is COc1ccc(CC2CCCCN2c2nccn3nnnc23)cc1. The molecule has 7 nitrogen and oxygen atoms in total. The van der Waals surface area contributed by atoms with E-state index < -0.39 is 0 Å². The van der Waals surface area contributed by atoms with Crippen LogP contribution in [0.15, 0.2) is 36.7 Å². The van der Waals surface area contributed by atoms with Gasteiger partial charge in [-0.25, -0.2) is 4.98 Å². The molecule has 0 N–H and O–H groups in total. The summed E-state index contributed by atoms with van der Waals surface area (Å²) in [7, 11) is 1.69. The Bertz CT molecular complexity index is 815. The number of rotatable bonds is 4. The van der Waals surface area contributed by atoms with Gasteiger partial charge in [0.25, 0.3) is 0 Å². The predicted octanol–water partition coefficient (Wildman–Crippen LogP) is 2.13. The fourth-order valence-corrected chi connectivity index (χ4v) is 3.39. The molecular formula is C17H20N6O. The van der Waals surface area contributed by atoms with Crippen LogP contribution >= 0.6 is 0 Å². The molecule has 124 valence electrons. The first-order valence-electron chi connectivity index (χ1n) is 8.27. The molecule has 1 atom stereocenters. The zero-order valence-electron chi connectivity index (χ0n) is 13.7. The van der Waals surface area contributed by atoms with Gasteiger partial charge in [-0.2, -0.15) is 4.52 Å². The number of nitrogens with zero attached hydrogens (tertiary/aromatic N) is 6. The van der Waals surface area contributed by atoms with Gasteiger partial charge in [-0.1, -0.05) is 12.1 Å². The number of methoxy groups -OCH3 is 1. The van der Waals surface area contributed by atoms with E-state index in [1.54, 1.807) is 24.0 Å². The molecule has 0 saturated carbocycles. The highest BCUT2D eigenvalue weighted by molar-refractivity contribution is 5.63. The average Bonchev–Trinajstić information content (AvgIpc) is 3.12. The van der Waals surface area contributed by atoms with Gasteiger partial charge in [0.2, 0.25) is 5.65 Å². The van der Waals surface area contributed by atoms with Crippen molar-refractivity contribution in [3.63, 3.8) is 0 Å². The van der Waals surface area contributed by atoms with Crippen LogP contribution < -0.4 is 9.64 Å². The summed E-state index contributed by atoms with van der Waals surface area (Å²) >= 11 is 0. The van der Waals surface area contributed by atoms with E-state index in [1.165, 1.54) is 18.4 Å². The molecule has 1 saturated heterocycles. The molecule has 1 aliphatic heterocycles. The molecule has 7 heteroatoms. The van der Waals surface area contributed by atoms with Crippen molar-refractivity contribution in [2.24, 2.45) is 0 Å². The van der Waals surface area contributed by atoms with E-state index in [1.807, 2.05) is 12.1 Å². The van der Waals surface area contributed by atoms with Crippen molar-refractivity contribution in [2.75, 3.05) is 18.6 Å². The van der Waals surface area contributed by atoms with Crippen molar-refractivity contribution >= 4 is 11.5 Å². The largest absolute Gasteiger partial charge is 0.497 e. The number of fused-ring (bicyclic) bond motifs is 1. The molecule has 0 amide bonds. The fourth-order valence-electron chi connectivity index (χ4n) is 3.39. The molecule has 1 fully saturated rings. The van der Waals surface area contributed by atoms with Crippen LogP contribution in [0.25, 0.3) is 5.65 Å². The van der Waals surface area contributed by atoms with Crippen molar-refractivity contribution in [1.29, 1.82) is 0 Å². The van der Waals surface area contributed by atoms with Crippen LogP contribution in [0.2, 0.25) is 0 Å². The molecule has 3 heterocycles. The molecule has 1 aromatic carbocycles. The molecule has 0 aliphatic carbocycles. The number of benzene rings is 1. The zero-order chi connectivity index (χ0) is 16.4. The van der Waals surface area contributed by atoms with Gasteiger partial charge in [0.15, 0.2) is 5.82 Å². The maximum atomic E-state index is 5.24. The van der Waals surface area contributed by atoms with Gasteiger partial charge in [0.05, 0.1) is 13.3 Å². The van der Waals surface area contributed by atoms with Crippen LogP contribution in [-0.4, -0.2) is 44.7 Å². The number of tetrazole rings is 1. The van der Waals surface area contributed by atoms with E-state index >= 15 is 0 Å². The van der Waals surface area contributed by atoms with Crippen LogP contribution in [0.3, 0.4) is 0 Å². The highest BCUT2D eigenvalue weighted by atomic mass is 16.5. The lowest BCUT2D eigenvalue weighted by atomic mass is 9.95. The number of anilines is 1. The van der Waals surface area contributed by atoms with Crippen molar-refractivity contribution in [3.8, 4) is 5.75 Å². The summed E-state index contributed by atoms with van der Waals surface area (Å²) in [5, 5.41) is 11.9. The minimum atomic E-state index is 0.405. The van der Waals surface area contributed by atoms with E-state index in [0.717, 1.165) is 36.6 Å². The number of ether oxygens (including phenoxy) is 1. The summed E-state index contributed by atoms with van der Waals surface area (Å²) in [6.45, 7) is 0.986. The van der Waals surface area contributed by atoms with E-state index in [0.29, 0.717) is 6.04 Å². The first-order chi connectivity index (χ1) is 11.8. The minimum absolute atomic E-state index is 0.405. The Morgan fingerprint density at radius 1 is 1.21 bits per heavy atom. The third kappa shape index (κ3) is 2.77. The van der Waals surface area contributed by atoms with Gasteiger partial charge < -0.3 is 9.64 Å². The monoisotopic (exact) mass is 324 g/mol. The zero-order valence-corrected chi connectivity index (χ0v) is 13.7. The molecule has 0 spiro atoms. The molecule has 2 aromatic heterocycles. The standard InChI is InChI=1S/C17H20N6O/c1-24-15-7-5-13(6-8-15)12-14-4-2-3-10-22(14)16-17-19-20-21-23(17)11-9-18-16/h5-9,11,14H,2-4,10,12H2,1H3. The maximum Gasteiger partial charge on any atom is 0.221 e. The first-order valence-corrected chi connectivity index (χ1v) is 8.27. The second-order valence-corrected chi connectivity index (χ2v) is 6.09. The lowest BCUT2D eigenvalue weighted by Gasteiger charge is -2.36. The van der Waals surface area contributed by atoms with Gasteiger partial charge in [0.1, 0.15) is 5.75 Å². The smallest absolute Gasteiger partial charge is 0.221 e. The maximum absolute atomic E-state index is 5.24. The summed E-state index contributed by atoms with van der Waals surface area (Å²) in [6, 6.07) is 8.71. The highest BCUT2D eigenvalue weighted by Gasteiger charge is 2.26. The summed E-state index contributed by atoms with van der Waals surface area (Å²) in [5.74, 6) is 1.76. The molecule has 1 unspecified atom stereocenters. The van der Waals surface area contributed by atoms with E-state index in [4.69, 9.17) is 4.74 Å². The summed E-state index contributed by atoms with van der Waals surface area (Å²) in [5.41, 5.74) is 2.03. The van der Waals surface area contributed by atoms with Crippen LogP contribution in [0.4, 0.5) is 5.82 Å². The van der Waals surface area contributed by atoms with Crippen molar-refractivity contribution < 1.29 is 4.74 Å². The quantitative estimate of drug-likeness (QED) is 0.732. The molecule has 3 aromatic rings. The van der Waals surface area contributed by atoms with Crippen molar-refractivity contribution in [3.05, 3.63) is 42.2 Å². The lowest BCUT2D eigenvalue weighted by Crippen LogP contribution is -2.41. The predicted molar refractivity (Wildman–Crippen MR) is 90.3 cm³/mol. The molecule has 0 bridgehead atoms. The Labute approximate surface area is 140 Å². The van der Waals surface area contributed by atoms with Gasteiger partial charge in [-0.3, -0.25) is 0 Å². The Kier molecular flexibility index (Phi) is 3.98. The topological polar surface area (TPSA) is 68.4 Å². The fraction of sp³-hybridized carbons (Fsp3) is 0.412. The van der Waals surface area contributed by atoms with Gasteiger partial charge in [-0.15, -0.1) is 5.10 Å². The number of hydrogen-bond acceptors (Lipinski definition) is 6. The summed E-state index contributed by atoms with van der Waals surface area (Å²) in [6.07, 6.45) is 8.08. The molecule has 1 aliphatic rings. The van der Waals surface area contributed by atoms with E-state index in [2.05, 4.69) is 37.5 Å². The van der Waals surface area contributed by atoms with Crippen molar-refractivity contribution in [2.45, 2.75) is 31.7 Å². The third-order valence-corrected chi connectivity index (χ3v) is 4.63. The highest BCUT2D eigenvalue weighted by Crippen LogP contribution is 2.27. The Balaban J connectivity index is 1.62. The van der Waals surface area contributed by atoms with Crippen LogP contribution in [-0.2, 0) is 6.42 Å². The van der Waals surface area contributed by atoms with Crippen LogP contribution in [0.5, 0.6) is 5.75 Å². The van der Waals surface area contributed by atoms with Gasteiger partial charge >= 0.3 is 0 Å². The summed E-state index contributed by atoms with van der Waals surface area (Å²) in [4.78, 5) is 6.93. The Morgan fingerprint density at radius 2 is 2.08 bits per heavy atom. The van der Waals surface area contributed by atoms with Crippen molar-refractivity contribution in [1.82, 2.24) is 25.0 Å². The molecule has 4 rings (SSSR count). The number of aromatic nitrogens is 5. The molecule has 24 heavy (non-hydrogen) atoms. The lowest BCUT2D eigenvalue weighted by molar-refractivity contribution is 0.414. The normalized spacial score (nSPS) is 18.0. The van der Waals surface area contributed by atoms with Gasteiger partial charge in [-0.05, 0) is 53.8 Å². The third-order valence-electron chi connectivity index (χ3n) is 4.63. The number of piperidine rings is 1. The second kappa shape index (κ2) is 6.43. The Hall–Kier alpha value is -2.70. The van der Waals surface area contributed by atoms with Crippen LogP contribution in [0.1, 0.15) is 24.8 Å². The Morgan fingerprint density at radius 3 is 2.92 bits per heavy atom. The van der Waals surface area contributed by atoms with Crippen LogP contribution in [0, 0.1) is 0 Å². The first kappa shape index (κ1) is 14.9. The molecular weight excluding hydrogens is 304 g/mol. The average molecular weight is 324 g/mol. The molecule has 0 radical (unpaired) electrons. The minimum Gasteiger partial charge on any atom is -0.497 e. The van der Waals surface area contributed by atoms with E-state index in [9.17, 15) is 0 Å². The van der Waals surface area contributed by atoms with Gasteiger partial charge in [0, 0.05) is 18.8 Å². The second-order valence-electron chi connectivity index (χ2n) is 6.09.